The van der Waals surface area contributed by atoms with Gasteiger partial charge in [0.1, 0.15) is 24.4 Å². The van der Waals surface area contributed by atoms with Crippen LogP contribution in [0.1, 0.15) is 0 Å². The molecule has 0 aromatic heterocycles. The monoisotopic (exact) mass is 195 g/mol. The van der Waals surface area contributed by atoms with Gasteiger partial charge in [0.05, 0.1) is 12.8 Å². The Bertz CT molecular complexity index is 163. The Kier molecular flexibility index (Phi) is 5.51. The summed E-state index contributed by atoms with van der Waals surface area (Å²) < 4.78 is 0. The van der Waals surface area contributed by atoms with E-state index >= 15 is 0 Å². The predicted octanol–water partition coefficient (Wildman–Crippen LogP) is -3.12. The number of aliphatic hydroxyl groups excluding tert-OH is 5. The number of nitrogens with zero attached hydrogens (tertiary/aromatic N) is 1. The Morgan fingerprint density at radius 3 is 2.00 bits per heavy atom. The fourth-order valence-electron chi connectivity index (χ4n) is 0.694. The molecular formula is C6H13NO6. The van der Waals surface area contributed by atoms with Crippen LogP contribution < -0.4 is 0 Å². The first kappa shape index (κ1) is 12.3. The van der Waals surface area contributed by atoms with Gasteiger partial charge in [0.15, 0.2) is 0 Å². The third-order valence-corrected chi connectivity index (χ3v) is 1.50. The first-order valence-electron chi connectivity index (χ1n) is 3.55. The van der Waals surface area contributed by atoms with Crippen molar-refractivity contribution in [1.82, 2.24) is 0 Å². The molecule has 0 radical (unpaired) electrons. The van der Waals surface area contributed by atoms with Crippen LogP contribution in [0.2, 0.25) is 0 Å². The maximum atomic E-state index is 9.05. The number of hydrogen-bond acceptors (Lipinski definition) is 7. The fraction of sp³-hybridized carbons (Fsp3) is 0.833. The summed E-state index contributed by atoms with van der Waals surface area (Å²) in [6.07, 6.45) is -6.02. The van der Waals surface area contributed by atoms with Gasteiger partial charge in [-0.3, -0.25) is 0 Å². The molecule has 0 saturated carbocycles. The summed E-state index contributed by atoms with van der Waals surface area (Å²) in [5.74, 6) is 0. The van der Waals surface area contributed by atoms with Gasteiger partial charge < -0.3 is 30.7 Å². The first-order chi connectivity index (χ1) is 6.04. The molecule has 0 spiro atoms. The summed E-state index contributed by atoms with van der Waals surface area (Å²) >= 11 is 0. The Morgan fingerprint density at radius 1 is 1.08 bits per heavy atom. The lowest BCUT2D eigenvalue weighted by molar-refractivity contribution is -0.100. The minimum atomic E-state index is -1.72. The minimum absolute atomic E-state index is 0.581. The van der Waals surface area contributed by atoms with Crippen molar-refractivity contribution >= 4 is 6.21 Å². The van der Waals surface area contributed by atoms with E-state index in [1.54, 1.807) is 0 Å². The maximum Gasteiger partial charge on any atom is 0.121 e. The van der Waals surface area contributed by atoms with Gasteiger partial charge >= 0.3 is 0 Å². The quantitative estimate of drug-likeness (QED) is 0.156. The molecular weight excluding hydrogens is 182 g/mol. The molecule has 0 aromatic carbocycles. The Balaban J connectivity index is 4.15. The molecule has 0 bridgehead atoms. The van der Waals surface area contributed by atoms with Crippen molar-refractivity contribution in [1.29, 1.82) is 0 Å². The largest absolute Gasteiger partial charge is 0.411 e. The molecule has 0 fully saturated rings. The third-order valence-electron chi connectivity index (χ3n) is 1.50. The molecule has 6 N–H and O–H groups in total. The lowest BCUT2D eigenvalue weighted by atomic mass is 10.0. The second-order valence-electron chi connectivity index (χ2n) is 2.49. The van der Waals surface area contributed by atoms with Gasteiger partial charge in [0.2, 0.25) is 0 Å². The molecule has 0 aliphatic rings. The van der Waals surface area contributed by atoms with E-state index in [1.807, 2.05) is 0 Å². The molecule has 0 heterocycles. The van der Waals surface area contributed by atoms with Gasteiger partial charge in [-0.05, 0) is 0 Å². The van der Waals surface area contributed by atoms with Crippen LogP contribution in [0, 0.1) is 0 Å². The molecule has 7 heteroatoms. The highest BCUT2D eigenvalue weighted by atomic mass is 16.4. The molecule has 4 atom stereocenters. The molecule has 78 valence electrons. The van der Waals surface area contributed by atoms with E-state index in [1.165, 1.54) is 0 Å². The molecule has 0 rings (SSSR count). The van der Waals surface area contributed by atoms with Crippen molar-refractivity contribution in [2.24, 2.45) is 5.16 Å². The van der Waals surface area contributed by atoms with E-state index in [9.17, 15) is 0 Å². The van der Waals surface area contributed by atoms with Gasteiger partial charge in [0.25, 0.3) is 0 Å². The molecule has 0 saturated heterocycles. The van der Waals surface area contributed by atoms with Gasteiger partial charge in [-0.15, -0.1) is 0 Å². The molecule has 0 unspecified atom stereocenters. The smallest absolute Gasteiger partial charge is 0.121 e. The van der Waals surface area contributed by atoms with Gasteiger partial charge in [-0.2, -0.15) is 0 Å². The van der Waals surface area contributed by atoms with Crippen LogP contribution in [0.5, 0.6) is 0 Å². The highest BCUT2D eigenvalue weighted by Crippen LogP contribution is 2.03. The number of aliphatic hydroxyl groups is 5. The molecule has 0 amide bonds. The van der Waals surface area contributed by atoms with Gasteiger partial charge in [-0.1, -0.05) is 5.16 Å². The number of hydrogen-bond donors (Lipinski definition) is 6. The van der Waals surface area contributed by atoms with E-state index in [-0.39, 0.29) is 0 Å². The second kappa shape index (κ2) is 5.84. The highest BCUT2D eigenvalue weighted by Gasteiger charge is 2.29. The summed E-state index contributed by atoms with van der Waals surface area (Å²) in [5, 5.41) is 54.6. The molecule has 0 aromatic rings. The average Bonchev–Trinajstić information content (AvgIpc) is 2.14. The molecule has 0 aliphatic carbocycles. The summed E-state index contributed by atoms with van der Waals surface area (Å²) in [5.41, 5.74) is 0. The molecule has 0 aliphatic heterocycles. The van der Waals surface area contributed by atoms with Crippen LogP contribution >= 0.6 is 0 Å². The normalized spacial score (nSPS) is 21.3. The van der Waals surface area contributed by atoms with Crippen molar-refractivity contribution in [2.45, 2.75) is 24.4 Å². The van der Waals surface area contributed by atoms with E-state index in [4.69, 9.17) is 30.7 Å². The Morgan fingerprint density at radius 2 is 1.62 bits per heavy atom. The minimum Gasteiger partial charge on any atom is -0.411 e. The third kappa shape index (κ3) is 3.66. The zero-order chi connectivity index (χ0) is 10.4. The van der Waals surface area contributed by atoms with E-state index in [0.29, 0.717) is 6.21 Å². The Labute approximate surface area is 74.2 Å². The van der Waals surface area contributed by atoms with Crippen LogP contribution in [0.3, 0.4) is 0 Å². The summed E-state index contributed by atoms with van der Waals surface area (Å²) in [6, 6.07) is 0. The van der Waals surface area contributed by atoms with Crippen molar-refractivity contribution in [3.8, 4) is 0 Å². The summed E-state index contributed by atoms with van der Waals surface area (Å²) in [7, 11) is 0. The van der Waals surface area contributed by atoms with Crippen LogP contribution in [0.15, 0.2) is 5.16 Å². The van der Waals surface area contributed by atoms with E-state index in [2.05, 4.69) is 5.16 Å². The number of rotatable bonds is 5. The van der Waals surface area contributed by atoms with Crippen LogP contribution in [0.25, 0.3) is 0 Å². The van der Waals surface area contributed by atoms with Crippen molar-refractivity contribution in [2.75, 3.05) is 6.61 Å². The summed E-state index contributed by atoms with van der Waals surface area (Å²) in [4.78, 5) is 0. The number of oxime groups is 1. The van der Waals surface area contributed by atoms with Gasteiger partial charge in [-0.25, -0.2) is 0 Å². The average molecular weight is 195 g/mol. The SMILES string of the molecule is OC[C@H](O)[C@@H](O)[C@H](O)[C@H](O)/C=N\O. The van der Waals surface area contributed by atoms with Crippen molar-refractivity contribution < 1.29 is 30.7 Å². The topological polar surface area (TPSA) is 134 Å². The van der Waals surface area contributed by atoms with Crippen molar-refractivity contribution in [3.63, 3.8) is 0 Å². The molecule has 7 nitrogen and oxygen atoms in total. The highest BCUT2D eigenvalue weighted by molar-refractivity contribution is 5.62. The molecule has 13 heavy (non-hydrogen) atoms. The van der Waals surface area contributed by atoms with E-state index < -0.39 is 31.0 Å². The lowest BCUT2D eigenvalue weighted by Gasteiger charge is -2.23. The first-order valence-corrected chi connectivity index (χ1v) is 3.55. The lowest BCUT2D eigenvalue weighted by Crippen LogP contribution is -2.46. The predicted molar refractivity (Wildman–Crippen MR) is 41.4 cm³/mol. The van der Waals surface area contributed by atoms with Crippen LogP contribution in [0.4, 0.5) is 0 Å². The second-order valence-corrected chi connectivity index (χ2v) is 2.49. The zero-order valence-corrected chi connectivity index (χ0v) is 6.72. The maximum absolute atomic E-state index is 9.05. The Hall–Kier alpha value is -0.730. The standard InChI is InChI=1S/C6H13NO6/c8-2-4(10)6(12)5(11)3(9)1-7-13/h1,3-6,8-13H,2H2/b7-1-/t3-,4+,5-,6-/m1/s1. The van der Waals surface area contributed by atoms with Crippen LogP contribution in [-0.4, -0.2) is 68.0 Å². The van der Waals surface area contributed by atoms with E-state index in [0.717, 1.165) is 0 Å². The van der Waals surface area contributed by atoms with Crippen LogP contribution in [-0.2, 0) is 0 Å². The van der Waals surface area contributed by atoms with Gasteiger partial charge in [0, 0.05) is 0 Å². The summed E-state index contributed by atoms with van der Waals surface area (Å²) in [6.45, 7) is -0.749. The van der Waals surface area contributed by atoms with Crippen molar-refractivity contribution in [3.05, 3.63) is 0 Å². The fourth-order valence-corrected chi connectivity index (χ4v) is 0.694. The zero-order valence-electron chi connectivity index (χ0n) is 6.72.